The number of carboxylic acids is 1. The van der Waals surface area contributed by atoms with E-state index in [0.29, 0.717) is 33.9 Å². The summed E-state index contributed by atoms with van der Waals surface area (Å²) in [4.78, 5) is 11.2. The van der Waals surface area contributed by atoms with Gasteiger partial charge in [-0.05, 0) is 41.0 Å². The minimum atomic E-state index is -1.12. The number of carbonyl (C=O) groups is 1. The fourth-order valence-corrected chi connectivity index (χ4v) is 2.32. The highest BCUT2D eigenvalue weighted by Crippen LogP contribution is 2.41. The summed E-state index contributed by atoms with van der Waals surface area (Å²) in [6, 6.07) is 8.82. The van der Waals surface area contributed by atoms with Gasteiger partial charge in [-0.3, -0.25) is 0 Å². The van der Waals surface area contributed by atoms with E-state index in [1.165, 1.54) is 45.6 Å². The van der Waals surface area contributed by atoms with Gasteiger partial charge in [0.05, 0.1) is 21.3 Å². The van der Waals surface area contributed by atoms with Crippen LogP contribution in [0.15, 0.2) is 42.5 Å². The van der Waals surface area contributed by atoms with E-state index < -0.39 is 11.8 Å². The number of carboxylic acid groups (broad SMARTS) is 1. The van der Waals surface area contributed by atoms with Crippen molar-refractivity contribution in [3.63, 3.8) is 0 Å². The average Bonchev–Trinajstić information content (AvgIpc) is 2.59. The Morgan fingerprint density at radius 2 is 1.50 bits per heavy atom. The summed E-state index contributed by atoms with van der Waals surface area (Å²) < 4.78 is 29.0. The highest BCUT2D eigenvalue weighted by Gasteiger charge is 2.17. The summed E-state index contributed by atoms with van der Waals surface area (Å²) >= 11 is 0. The molecular formula is C18H17FO5. The summed E-state index contributed by atoms with van der Waals surface area (Å²) in [5.41, 5.74) is 1.48. The van der Waals surface area contributed by atoms with Gasteiger partial charge in [0.2, 0.25) is 5.75 Å². The molecule has 0 saturated heterocycles. The lowest BCUT2D eigenvalue weighted by Gasteiger charge is -2.16. The minimum absolute atomic E-state index is 0.391. The largest absolute Gasteiger partial charge is 0.493 e. The average molecular weight is 332 g/mol. The third kappa shape index (κ3) is 3.65. The molecule has 0 radical (unpaired) electrons. The van der Waals surface area contributed by atoms with E-state index in [0.717, 1.165) is 6.08 Å². The predicted octanol–water partition coefficient (Wildman–Crippen LogP) is 3.37. The SMILES string of the molecule is COc1cc(/C(=C/C(=O)O)c2ccc(F)cc2)cc(OC)c1OC. The Morgan fingerprint density at radius 1 is 0.958 bits per heavy atom. The van der Waals surface area contributed by atoms with Gasteiger partial charge in [-0.25, -0.2) is 9.18 Å². The van der Waals surface area contributed by atoms with E-state index in [4.69, 9.17) is 14.2 Å². The first kappa shape index (κ1) is 17.3. The lowest BCUT2D eigenvalue weighted by atomic mass is 9.96. The first-order valence-electron chi connectivity index (χ1n) is 7.01. The molecule has 2 aromatic carbocycles. The Balaban J connectivity index is 2.67. The quantitative estimate of drug-likeness (QED) is 0.822. The normalized spacial score (nSPS) is 11.1. The molecule has 0 spiro atoms. The fraction of sp³-hybridized carbons (Fsp3) is 0.167. The molecule has 0 bridgehead atoms. The number of hydrogen-bond donors (Lipinski definition) is 1. The molecule has 126 valence electrons. The Bertz CT molecular complexity index is 740. The van der Waals surface area contributed by atoms with Crippen LogP contribution in [0.3, 0.4) is 0 Å². The van der Waals surface area contributed by atoms with Gasteiger partial charge in [0.15, 0.2) is 11.5 Å². The molecule has 0 amide bonds. The standard InChI is InChI=1S/C18H17FO5/c1-22-15-8-12(9-16(23-2)18(15)24-3)14(10-17(20)21)11-4-6-13(19)7-5-11/h4-10H,1-3H3,(H,20,21)/b14-10+. The van der Waals surface area contributed by atoms with Crippen molar-refractivity contribution < 1.29 is 28.5 Å². The Labute approximate surface area is 138 Å². The lowest BCUT2D eigenvalue weighted by molar-refractivity contribution is -0.131. The summed E-state index contributed by atoms with van der Waals surface area (Å²) in [6.45, 7) is 0. The third-order valence-corrected chi connectivity index (χ3v) is 3.40. The van der Waals surface area contributed by atoms with Crippen LogP contribution in [0.2, 0.25) is 0 Å². The minimum Gasteiger partial charge on any atom is -0.493 e. The molecule has 0 unspecified atom stereocenters. The van der Waals surface area contributed by atoms with E-state index in [1.54, 1.807) is 12.1 Å². The molecule has 0 aliphatic carbocycles. The van der Waals surface area contributed by atoms with Crippen LogP contribution in [0.5, 0.6) is 17.2 Å². The number of aliphatic carboxylic acids is 1. The topological polar surface area (TPSA) is 65.0 Å². The number of ether oxygens (including phenoxy) is 3. The molecule has 6 heteroatoms. The number of halogens is 1. The fourth-order valence-electron chi connectivity index (χ4n) is 2.32. The van der Waals surface area contributed by atoms with Crippen molar-refractivity contribution in [2.24, 2.45) is 0 Å². The van der Waals surface area contributed by atoms with Crippen LogP contribution in [-0.2, 0) is 4.79 Å². The van der Waals surface area contributed by atoms with Gasteiger partial charge in [0.25, 0.3) is 0 Å². The van der Waals surface area contributed by atoms with Crippen molar-refractivity contribution in [3.05, 3.63) is 59.4 Å². The molecule has 0 aromatic heterocycles. The van der Waals surface area contributed by atoms with Crippen LogP contribution < -0.4 is 14.2 Å². The van der Waals surface area contributed by atoms with Crippen LogP contribution in [0, 0.1) is 5.82 Å². The monoisotopic (exact) mass is 332 g/mol. The number of hydrogen-bond acceptors (Lipinski definition) is 4. The van der Waals surface area contributed by atoms with Gasteiger partial charge >= 0.3 is 5.97 Å². The highest BCUT2D eigenvalue weighted by atomic mass is 19.1. The van der Waals surface area contributed by atoms with Crippen molar-refractivity contribution in [1.29, 1.82) is 0 Å². The van der Waals surface area contributed by atoms with Gasteiger partial charge < -0.3 is 19.3 Å². The van der Waals surface area contributed by atoms with E-state index in [1.807, 2.05) is 0 Å². The van der Waals surface area contributed by atoms with Crippen molar-refractivity contribution in [2.45, 2.75) is 0 Å². The molecule has 0 aliphatic heterocycles. The van der Waals surface area contributed by atoms with Crippen LogP contribution in [0.4, 0.5) is 4.39 Å². The van der Waals surface area contributed by atoms with E-state index >= 15 is 0 Å². The smallest absolute Gasteiger partial charge is 0.328 e. The molecule has 0 heterocycles. The first-order valence-corrected chi connectivity index (χ1v) is 7.01. The summed E-state index contributed by atoms with van der Waals surface area (Å²) in [5, 5.41) is 9.18. The first-order chi connectivity index (χ1) is 11.5. The van der Waals surface area contributed by atoms with Gasteiger partial charge in [-0.1, -0.05) is 12.1 Å². The molecule has 0 atom stereocenters. The molecule has 0 aliphatic rings. The predicted molar refractivity (Wildman–Crippen MR) is 87.2 cm³/mol. The summed E-state index contributed by atoms with van der Waals surface area (Å²) in [5.74, 6) is -0.338. The third-order valence-electron chi connectivity index (χ3n) is 3.40. The van der Waals surface area contributed by atoms with E-state index in [2.05, 4.69) is 0 Å². The van der Waals surface area contributed by atoms with Gasteiger partial charge in [0, 0.05) is 6.08 Å². The second-order valence-corrected chi connectivity index (χ2v) is 4.82. The maximum absolute atomic E-state index is 13.2. The maximum atomic E-state index is 13.2. The van der Waals surface area contributed by atoms with Crippen LogP contribution in [0.25, 0.3) is 5.57 Å². The van der Waals surface area contributed by atoms with Gasteiger partial charge in [0.1, 0.15) is 5.82 Å². The lowest BCUT2D eigenvalue weighted by Crippen LogP contribution is -1.99. The molecule has 5 nitrogen and oxygen atoms in total. The summed E-state index contributed by atoms with van der Waals surface area (Å²) in [6.07, 6.45) is 1.05. The highest BCUT2D eigenvalue weighted by molar-refractivity contribution is 5.95. The Kier molecular flexibility index (Phi) is 5.42. The molecule has 2 rings (SSSR count). The van der Waals surface area contributed by atoms with Gasteiger partial charge in [-0.15, -0.1) is 0 Å². The van der Waals surface area contributed by atoms with Crippen LogP contribution in [-0.4, -0.2) is 32.4 Å². The van der Waals surface area contributed by atoms with Crippen molar-refractivity contribution in [3.8, 4) is 17.2 Å². The number of methoxy groups -OCH3 is 3. The van der Waals surface area contributed by atoms with E-state index in [9.17, 15) is 14.3 Å². The maximum Gasteiger partial charge on any atom is 0.328 e. The molecule has 0 fully saturated rings. The molecule has 24 heavy (non-hydrogen) atoms. The zero-order valence-corrected chi connectivity index (χ0v) is 13.5. The van der Waals surface area contributed by atoms with Crippen molar-refractivity contribution in [2.75, 3.05) is 21.3 Å². The van der Waals surface area contributed by atoms with Crippen molar-refractivity contribution in [1.82, 2.24) is 0 Å². The van der Waals surface area contributed by atoms with Crippen LogP contribution >= 0.6 is 0 Å². The van der Waals surface area contributed by atoms with E-state index in [-0.39, 0.29) is 0 Å². The number of rotatable bonds is 6. The molecule has 1 N–H and O–H groups in total. The molecular weight excluding hydrogens is 315 g/mol. The number of benzene rings is 2. The molecule has 0 saturated carbocycles. The molecule has 2 aromatic rings. The Morgan fingerprint density at radius 3 is 1.92 bits per heavy atom. The second-order valence-electron chi connectivity index (χ2n) is 4.82. The second kappa shape index (κ2) is 7.50. The van der Waals surface area contributed by atoms with Crippen LogP contribution in [0.1, 0.15) is 11.1 Å². The zero-order chi connectivity index (χ0) is 17.7. The Hall–Kier alpha value is -3.02. The zero-order valence-electron chi connectivity index (χ0n) is 13.5. The van der Waals surface area contributed by atoms with Gasteiger partial charge in [-0.2, -0.15) is 0 Å². The van der Waals surface area contributed by atoms with Crippen molar-refractivity contribution >= 4 is 11.5 Å². The summed E-state index contributed by atoms with van der Waals surface area (Å²) in [7, 11) is 4.42.